The largest absolute Gasteiger partial charge is 0.395 e. The number of benzene rings is 1. The van der Waals surface area contributed by atoms with Gasteiger partial charge in [0.2, 0.25) is 0 Å². The van der Waals surface area contributed by atoms with Crippen LogP contribution in [-0.2, 0) is 13.0 Å². The molecule has 0 spiro atoms. The van der Waals surface area contributed by atoms with Crippen LogP contribution in [0, 0.1) is 6.92 Å². The van der Waals surface area contributed by atoms with E-state index in [0.29, 0.717) is 13.1 Å². The fraction of sp³-hybridized carbons (Fsp3) is 0.263. The summed E-state index contributed by atoms with van der Waals surface area (Å²) in [7, 11) is 0. The first-order valence-corrected chi connectivity index (χ1v) is 8.76. The zero-order chi connectivity index (χ0) is 16.9. The van der Waals surface area contributed by atoms with Gasteiger partial charge in [0.15, 0.2) is 0 Å². The zero-order valence-corrected chi connectivity index (χ0v) is 15.2. The number of aromatic nitrogens is 2. The maximum absolute atomic E-state index is 8.84. The SMILES string of the molecule is Cc1c(Br)cccc1Cc1nccc2cc(CNCCO)cnc12. The molecule has 5 heteroatoms. The number of nitrogens with zero attached hydrogens (tertiary/aromatic N) is 2. The number of rotatable bonds is 6. The summed E-state index contributed by atoms with van der Waals surface area (Å²) < 4.78 is 1.12. The Hall–Kier alpha value is -1.82. The zero-order valence-electron chi connectivity index (χ0n) is 13.6. The van der Waals surface area contributed by atoms with Crippen LogP contribution in [0.25, 0.3) is 10.9 Å². The van der Waals surface area contributed by atoms with Gasteiger partial charge in [0.1, 0.15) is 0 Å². The standard InChI is InChI=1S/C19H20BrN3O/c1-13-15(3-2-4-17(13)20)10-18-19-16(5-6-22-18)9-14(12-23-19)11-21-7-8-24/h2-6,9,12,21,24H,7-8,10-11H2,1H3. The van der Waals surface area contributed by atoms with E-state index in [1.54, 1.807) is 0 Å². The van der Waals surface area contributed by atoms with Gasteiger partial charge in [-0.2, -0.15) is 0 Å². The van der Waals surface area contributed by atoms with Crippen LogP contribution < -0.4 is 5.32 Å². The lowest BCUT2D eigenvalue weighted by Crippen LogP contribution is -2.17. The number of nitrogens with one attached hydrogen (secondary N) is 1. The molecule has 0 aliphatic heterocycles. The van der Waals surface area contributed by atoms with Gasteiger partial charge in [-0.05, 0) is 41.8 Å². The summed E-state index contributed by atoms with van der Waals surface area (Å²) in [6, 6.07) is 10.4. The Morgan fingerprint density at radius 3 is 2.92 bits per heavy atom. The van der Waals surface area contributed by atoms with E-state index in [9.17, 15) is 0 Å². The molecule has 1 aromatic carbocycles. The van der Waals surface area contributed by atoms with Crippen LogP contribution in [0.2, 0.25) is 0 Å². The van der Waals surface area contributed by atoms with Crippen molar-refractivity contribution < 1.29 is 5.11 Å². The molecule has 2 heterocycles. The number of halogens is 1. The van der Waals surface area contributed by atoms with Gasteiger partial charge in [0, 0.05) is 41.8 Å². The van der Waals surface area contributed by atoms with Crippen LogP contribution in [0.1, 0.15) is 22.4 Å². The highest BCUT2D eigenvalue weighted by Crippen LogP contribution is 2.24. The van der Waals surface area contributed by atoms with E-state index in [1.807, 2.05) is 18.5 Å². The fourth-order valence-electron chi connectivity index (χ4n) is 2.73. The summed E-state index contributed by atoms with van der Waals surface area (Å²) in [5.74, 6) is 0. The van der Waals surface area contributed by atoms with Crippen molar-refractivity contribution in [3.05, 3.63) is 69.6 Å². The molecule has 3 rings (SSSR count). The van der Waals surface area contributed by atoms with Gasteiger partial charge >= 0.3 is 0 Å². The molecule has 24 heavy (non-hydrogen) atoms. The minimum absolute atomic E-state index is 0.140. The molecule has 124 valence electrons. The fourth-order valence-corrected chi connectivity index (χ4v) is 3.13. The number of aliphatic hydroxyl groups is 1. The van der Waals surface area contributed by atoms with Crippen molar-refractivity contribution in [2.75, 3.05) is 13.2 Å². The minimum Gasteiger partial charge on any atom is -0.395 e. The first-order chi connectivity index (χ1) is 11.7. The van der Waals surface area contributed by atoms with Crippen LogP contribution >= 0.6 is 15.9 Å². The molecule has 0 atom stereocenters. The second-order valence-electron chi connectivity index (χ2n) is 5.77. The topological polar surface area (TPSA) is 58.0 Å². The number of hydrogen-bond acceptors (Lipinski definition) is 4. The van der Waals surface area contributed by atoms with Gasteiger partial charge in [-0.25, -0.2) is 0 Å². The first kappa shape index (κ1) is 17.0. The van der Waals surface area contributed by atoms with Gasteiger partial charge in [-0.3, -0.25) is 9.97 Å². The molecule has 0 fully saturated rings. The van der Waals surface area contributed by atoms with Crippen molar-refractivity contribution in [3.8, 4) is 0 Å². The summed E-state index contributed by atoms with van der Waals surface area (Å²) in [6.45, 7) is 3.54. The van der Waals surface area contributed by atoms with Gasteiger partial charge < -0.3 is 10.4 Å². The van der Waals surface area contributed by atoms with Crippen LogP contribution in [0.3, 0.4) is 0 Å². The van der Waals surface area contributed by atoms with E-state index in [-0.39, 0.29) is 6.61 Å². The van der Waals surface area contributed by atoms with Crippen molar-refractivity contribution in [2.45, 2.75) is 19.9 Å². The Morgan fingerprint density at radius 1 is 1.21 bits per heavy atom. The highest BCUT2D eigenvalue weighted by Gasteiger charge is 2.09. The highest BCUT2D eigenvalue weighted by atomic mass is 79.9. The molecule has 3 aromatic rings. The van der Waals surface area contributed by atoms with Crippen LogP contribution in [0.15, 0.2) is 47.2 Å². The minimum atomic E-state index is 0.140. The lowest BCUT2D eigenvalue weighted by Gasteiger charge is -2.10. The molecule has 0 unspecified atom stereocenters. The molecule has 4 nitrogen and oxygen atoms in total. The van der Waals surface area contributed by atoms with Crippen molar-refractivity contribution >= 4 is 26.8 Å². The summed E-state index contributed by atoms with van der Waals surface area (Å²) in [5, 5.41) is 13.1. The quantitative estimate of drug-likeness (QED) is 0.638. The summed E-state index contributed by atoms with van der Waals surface area (Å²) in [5.41, 5.74) is 5.53. The Balaban J connectivity index is 1.90. The van der Waals surface area contributed by atoms with E-state index in [1.165, 1.54) is 11.1 Å². The lowest BCUT2D eigenvalue weighted by molar-refractivity contribution is 0.292. The molecule has 0 aliphatic rings. The van der Waals surface area contributed by atoms with Gasteiger partial charge in [-0.1, -0.05) is 28.1 Å². The third kappa shape index (κ3) is 3.80. The monoisotopic (exact) mass is 385 g/mol. The smallest absolute Gasteiger partial charge is 0.0920 e. The van der Waals surface area contributed by atoms with Crippen LogP contribution in [-0.4, -0.2) is 28.2 Å². The molecule has 0 bridgehead atoms. The van der Waals surface area contributed by atoms with Gasteiger partial charge in [0.05, 0.1) is 17.8 Å². The molecular weight excluding hydrogens is 366 g/mol. The predicted molar refractivity (Wildman–Crippen MR) is 100 cm³/mol. The number of aliphatic hydroxyl groups excluding tert-OH is 1. The van der Waals surface area contributed by atoms with Gasteiger partial charge in [0.25, 0.3) is 0 Å². The summed E-state index contributed by atoms with van der Waals surface area (Å²) in [6.07, 6.45) is 4.49. The van der Waals surface area contributed by atoms with Crippen molar-refractivity contribution in [3.63, 3.8) is 0 Å². The van der Waals surface area contributed by atoms with Crippen LogP contribution in [0.5, 0.6) is 0 Å². The van der Waals surface area contributed by atoms with Crippen molar-refractivity contribution in [1.29, 1.82) is 0 Å². The average Bonchev–Trinajstić information content (AvgIpc) is 2.59. The molecule has 2 aromatic heterocycles. The maximum atomic E-state index is 8.84. The summed E-state index contributed by atoms with van der Waals surface area (Å²) >= 11 is 3.59. The third-order valence-electron chi connectivity index (χ3n) is 4.09. The molecule has 0 aliphatic carbocycles. The predicted octanol–water partition coefficient (Wildman–Crippen LogP) is 3.37. The number of hydrogen-bond donors (Lipinski definition) is 2. The Labute approximate surface area is 150 Å². The normalized spacial score (nSPS) is 11.1. The van der Waals surface area contributed by atoms with E-state index in [4.69, 9.17) is 5.11 Å². The van der Waals surface area contributed by atoms with E-state index in [2.05, 4.69) is 62.4 Å². The molecule has 0 radical (unpaired) electrons. The van der Waals surface area contributed by atoms with Crippen LogP contribution in [0.4, 0.5) is 0 Å². The molecule has 0 amide bonds. The van der Waals surface area contributed by atoms with Crippen molar-refractivity contribution in [1.82, 2.24) is 15.3 Å². The Bertz CT molecular complexity index is 851. The molecule has 0 saturated heterocycles. The third-order valence-corrected chi connectivity index (χ3v) is 4.95. The Morgan fingerprint density at radius 2 is 2.08 bits per heavy atom. The molecular formula is C19H20BrN3O. The average molecular weight is 386 g/mol. The molecule has 2 N–H and O–H groups in total. The number of pyridine rings is 2. The number of fused-ring (bicyclic) bond motifs is 1. The van der Waals surface area contributed by atoms with Gasteiger partial charge in [-0.15, -0.1) is 0 Å². The van der Waals surface area contributed by atoms with Crippen molar-refractivity contribution in [2.24, 2.45) is 0 Å². The maximum Gasteiger partial charge on any atom is 0.0920 e. The van der Waals surface area contributed by atoms with E-state index < -0.39 is 0 Å². The second kappa shape index (κ2) is 7.83. The second-order valence-corrected chi connectivity index (χ2v) is 6.63. The van der Waals surface area contributed by atoms with E-state index >= 15 is 0 Å². The highest BCUT2D eigenvalue weighted by molar-refractivity contribution is 9.10. The molecule has 0 saturated carbocycles. The van der Waals surface area contributed by atoms with E-state index in [0.717, 1.165) is 33.1 Å². The summed E-state index contributed by atoms with van der Waals surface area (Å²) in [4.78, 5) is 9.18. The Kier molecular flexibility index (Phi) is 5.56. The lowest BCUT2D eigenvalue weighted by atomic mass is 10.0. The first-order valence-electron chi connectivity index (χ1n) is 7.97.